The number of carbonyl (C=O) groups is 2. The third-order valence-electron chi connectivity index (χ3n) is 1.32. The Morgan fingerprint density at radius 2 is 1.27 bits per heavy atom. The minimum Gasteiger partial charge on any atom is -0.396 e. The summed E-state index contributed by atoms with van der Waals surface area (Å²) >= 11 is 0. The van der Waals surface area contributed by atoms with Crippen molar-refractivity contribution in [3.05, 3.63) is 0 Å². The van der Waals surface area contributed by atoms with Crippen molar-refractivity contribution in [2.45, 2.75) is 59.3 Å². The van der Waals surface area contributed by atoms with E-state index in [1.807, 2.05) is 13.8 Å². The molecule has 0 rings (SSSR count). The van der Waals surface area contributed by atoms with Crippen LogP contribution < -0.4 is 0 Å². The summed E-state index contributed by atoms with van der Waals surface area (Å²) in [5.74, 6) is 0. The Balaban J connectivity index is -0.000000144. The lowest BCUT2D eigenvalue weighted by molar-refractivity contribution is -0.108. The third-order valence-corrected chi connectivity index (χ3v) is 1.32. The van der Waals surface area contributed by atoms with Gasteiger partial charge >= 0.3 is 0 Å². The Bertz CT molecular complexity index is 91.0. The van der Waals surface area contributed by atoms with Crippen molar-refractivity contribution in [2.24, 2.45) is 0 Å². The molecular formula is C12H26O3. The van der Waals surface area contributed by atoms with Gasteiger partial charge in [0, 0.05) is 19.4 Å². The normalized spacial score (nSPS) is 7.73. The highest BCUT2D eigenvalue weighted by molar-refractivity contribution is 5.49. The van der Waals surface area contributed by atoms with Crippen LogP contribution in [-0.2, 0) is 9.59 Å². The minimum absolute atomic E-state index is 0.344. The van der Waals surface area contributed by atoms with Gasteiger partial charge in [-0.25, -0.2) is 0 Å². The van der Waals surface area contributed by atoms with Gasteiger partial charge in [-0.2, -0.15) is 0 Å². The molecule has 0 aromatic heterocycles. The van der Waals surface area contributed by atoms with Crippen molar-refractivity contribution in [2.75, 3.05) is 6.61 Å². The van der Waals surface area contributed by atoms with Crippen molar-refractivity contribution in [1.29, 1.82) is 0 Å². The monoisotopic (exact) mass is 218 g/mol. The number of aliphatic hydroxyl groups is 1. The summed E-state index contributed by atoms with van der Waals surface area (Å²) < 4.78 is 0. The zero-order valence-corrected chi connectivity index (χ0v) is 10.4. The molecule has 0 amide bonds. The summed E-state index contributed by atoms with van der Waals surface area (Å²) in [6.45, 7) is 6.36. The van der Waals surface area contributed by atoms with Gasteiger partial charge in [0.15, 0.2) is 0 Å². The molecule has 0 bridgehead atoms. The summed E-state index contributed by atoms with van der Waals surface area (Å²) in [5.41, 5.74) is 0. The van der Waals surface area contributed by atoms with Gasteiger partial charge in [0.05, 0.1) is 0 Å². The molecule has 0 saturated carbocycles. The highest BCUT2D eigenvalue weighted by Gasteiger charge is 1.69. The van der Waals surface area contributed by atoms with Crippen LogP contribution in [0.2, 0.25) is 0 Å². The van der Waals surface area contributed by atoms with Gasteiger partial charge in [-0.1, -0.05) is 27.2 Å². The molecule has 1 N–H and O–H groups in total. The van der Waals surface area contributed by atoms with Crippen molar-refractivity contribution in [3.63, 3.8) is 0 Å². The van der Waals surface area contributed by atoms with E-state index < -0.39 is 0 Å². The lowest BCUT2D eigenvalue weighted by Gasteiger charge is -1.79. The van der Waals surface area contributed by atoms with Gasteiger partial charge in [-0.05, 0) is 19.3 Å². The Hall–Kier alpha value is -0.700. The number of aldehydes is 2. The number of hydrogen-bond donors (Lipinski definition) is 1. The van der Waals surface area contributed by atoms with E-state index in [1.165, 1.54) is 0 Å². The smallest absolute Gasteiger partial charge is 0.119 e. The fraction of sp³-hybridized carbons (Fsp3) is 0.833. The van der Waals surface area contributed by atoms with Crippen LogP contribution in [0.1, 0.15) is 59.3 Å². The van der Waals surface area contributed by atoms with Gasteiger partial charge in [-0.3, -0.25) is 0 Å². The maximum absolute atomic E-state index is 9.40. The van der Waals surface area contributed by atoms with Crippen LogP contribution in [0.4, 0.5) is 0 Å². The zero-order chi connectivity index (χ0) is 12.4. The molecule has 0 aromatic rings. The van der Waals surface area contributed by atoms with Crippen molar-refractivity contribution in [3.8, 4) is 0 Å². The molecule has 0 aliphatic rings. The first-order chi connectivity index (χ1) is 7.24. The van der Waals surface area contributed by atoms with E-state index in [0.29, 0.717) is 19.4 Å². The first kappa shape index (κ1) is 19.8. The number of aliphatic hydroxyl groups excluding tert-OH is 1. The van der Waals surface area contributed by atoms with Crippen LogP contribution in [0.15, 0.2) is 0 Å². The van der Waals surface area contributed by atoms with Crippen molar-refractivity contribution >= 4 is 12.6 Å². The van der Waals surface area contributed by atoms with Gasteiger partial charge < -0.3 is 14.7 Å². The molecule has 0 radical (unpaired) electrons. The molecule has 15 heavy (non-hydrogen) atoms. The second kappa shape index (κ2) is 29.2. The Morgan fingerprint density at radius 1 is 0.867 bits per heavy atom. The highest BCUT2D eigenvalue weighted by atomic mass is 16.2. The zero-order valence-electron chi connectivity index (χ0n) is 10.4. The standard InChI is InChI=1S/C4H10O.2C4H8O/c3*1-2-3-4-5/h5H,2-4H2,1H3;2*4H,2-3H2,1H3. The molecule has 0 fully saturated rings. The van der Waals surface area contributed by atoms with Gasteiger partial charge in [-0.15, -0.1) is 0 Å². The number of unbranched alkanes of at least 4 members (excludes halogenated alkanes) is 3. The van der Waals surface area contributed by atoms with Crippen LogP contribution in [0.25, 0.3) is 0 Å². The van der Waals surface area contributed by atoms with Gasteiger partial charge in [0.2, 0.25) is 0 Å². The van der Waals surface area contributed by atoms with Crippen LogP contribution in [0, 0.1) is 0 Å². The lowest BCUT2D eigenvalue weighted by atomic mass is 10.4. The molecule has 0 unspecified atom stereocenters. The number of carbonyl (C=O) groups excluding carboxylic acids is 2. The first-order valence-electron chi connectivity index (χ1n) is 5.73. The Kier molecular flexibility index (Phi) is 38.6. The Morgan fingerprint density at radius 3 is 1.27 bits per heavy atom. The summed E-state index contributed by atoms with van der Waals surface area (Å²) in [6, 6.07) is 0. The van der Waals surface area contributed by atoms with E-state index in [2.05, 4.69) is 6.92 Å². The molecule has 0 saturated heterocycles. The van der Waals surface area contributed by atoms with Crippen LogP contribution >= 0.6 is 0 Å². The fourth-order valence-corrected chi connectivity index (χ4v) is 0.394. The largest absolute Gasteiger partial charge is 0.396 e. The molecule has 3 heteroatoms. The summed E-state index contributed by atoms with van der Waals surface area (Å²) in [7, 11) is 0. The predicted molar refractivity (Wildman–Crippen MR) is 63.9 cm³/mol. The van der Waals surface area contributed by atoms with E-state index in [0.717, 1.165) is 38.3 Å². The molecule has 3 nitrogen and oxygen atoms in total. The highest BCUT2D eigenvalue weighted by Crippen LogP contribution is 1.79. The number of rotatable bonds is 6. The average molecular weight is 218 g/mol. The first-order valence-corrected chi connectivity index (χ1v) is 5.73. The molecule has 0 atom stereocenters. The summed E-state index contributed by atoms with van der Waals surface area (Å²) in [4.78, 5) is 18.8. The molecular weight excluding hydrogens is 192 g/mol. The van der Waals surface area contributed by atoms with E-state index in [9.17, 15) is 9.59 Å². The number of hydrogen-bond acceptors (Lipinski definition) is 3. The lowest BCUT2D eigenvalue weighted by Crippen LogP contribution is -1.75. The molecule has 92 valence electrons. The van der Waals surface area contributed by atoms with Crippen molar-refractivity contribution < 1.29 is 14.7 Å². The topological polar surface area (TPSA) is 54.4 Å². The summed E-state index contributed by atoms with van der Waals surface area (Å²) in [6.07, 6.45) is 7.27. The third kappa shape index (κ3) is 60.5. The van der Waals surface area contributed by atoms with Crippen LogP contribution in [0.5, 0.6) is 0 Å². The maximum atomic E-state index is 9.40. The maximum Gasteiger partial charge on any atom is 0.119 e. The van der Waals surface area contributed by atoms with Crippen molar-refractivity contribution in [1.82, 2.24) is 0 Å². The van der Waals surface area contributed by atoms with Crippen LogP contribution in [-0.4, -0.2) is 24.3 Å². The van der Waals surface area contributed by atoms with E-state index in [4.69, 9.17) is 5.11 Å². The van der Waals surface area contributed by atoms with Gasteiger partial charge in [0.25, 0.3) is 0 Å². The van der Waals surface area contributed by atoms with Crippen LogP contribution in [0.3, 0.4) is 0 Å². The second-order valence-corrected chi connectivity index (χ2v) is 2.99. The second-order valence-electron chi connectivity index (χ2n) is 2.99. The molecule has 0 aliphatic heterocycles. The molecule has 0 spiro atoms. The SMILES string of the molecule is CCCC=O.CCCC=O.CCCCO. The summed E-state index contributed by atoms with van der Waals surface area (Å²) in [5, 5.41) is 8.07. The van der Waals surface area contributed by atoms with E-state index >= 15 is 0 Å². The van der Waals surface area contributed by atoms with Gasteiger partial charge in [0.1, 0.15) is 12.6 Å². The Labute approximate surface area is 93.9 Å². The molecule has 0 aliphatic carbocycles. The average Bonchev–Trinajstić information content (AvgIpc) is 2.23. The quantitative estimate of drug-likeness (QED) is 0.697. The fourth-order valence-electron chi connectivity index (χ4n) is 0.394. The predicted octanol–water partition coefficient (Wildman–Crippen LogP) is 2.75. The van der Waals surface area contributed by atoms with E-state index in [-0.39, 0.29) is 0 Å². The molecule has 0 aromatic carbocycles. The minimum atomic E-state index is 0.344. The molecule has 0 heterocycles. The van der Waals surface area contributed by atoms with E-state index in [1.54, 1.807) is 0 Å².